The van der Waals surface area contributed by atoms with Crippen LogP contribution in [0.1, 0.15) is 24.2 Å². The highest BCUT2D eigenvalue weighted by atomic mass is 35.5. The molecular weight excluding hydrogens is 424 g/mol. The van der Waals surface area contributed by atoms with Gasteiger partial charge in [-0.3, -0.25) is 9.78 Å². The van der Waals surface area contributed by atoms with Crippen LogP contribution >= 0.6 is 11.6 Å². The van der Waals surface area contributed by atoms with Crippen LogP contribution in [0.3, 0.4) is 0 Å². The minimum Gasteiger partial charge on any atom is -0.383 e. The molecule has 1 heterocycles. The van der Waals surface area contributed by atoms with E-state index >= 15 is 0 Å². The molecule has 1 amide bonds. The minimum atomic E-state index is -0.195. The van der Waals surface area contributed by atoms with Gasteiger partial charge in [-0.2, -0.15) is 0 Å². The van der Waals surface area contributed by atoms with Gasteiger partial charge in [-0.25, -0.2) is 0 Å². The van der Waals surface area contributed by atoms with E-state index in [1.54, 1.807) is 31.5 Å². The van der Waals surface area contributed by atoms with Gasteiger partial charge in [0.2, 0.25) is 0 Å². The molecule has 0 unspecified atom stereocenters. The SMILES string of the molecule is CCN(CC)c1ccc(NC(=O)c2ccc(-c3ncccc3Cl)cc2NCCOC)cc1. The Bertz CT molecular complexity index is 1040. The lowest BCUT2D eigenvalue weighted by molar-refractivity contribution is 0.102. The van der Waals surface area contributed by atoms with E-state index in [0.29, 0.717) is 35.1 Å². The zero-order valence-corrected chi connectivity index (χ0v) is 19.4. The van der Waals surface area contributed by atoms with E-state index in [9.17, 15) is 4.79 Å². The van der Waals surface area contributed by atoms with Gasteiger partial charge < -0.3 is 20.3 Å². The van der Waals surface area contributed by atoms with Crippen LogP contribution in [0, 0.1) is 0 Å². The summed E-state index contributed by atoms with van der Waals surface area (Å²) < 4.78 is 5.14. The quantitative estimate of drug-likeness (QED) is 0.394. The van der Waals surface area contributed by atoms with Gasteiger partial charge in [0.15, 0.2) is 0 Å². The van der Waals surface area contributed by atoms with Gasteiger partial charge in [-0.05, 0) is 62.4 Å². The van der Waals surface area contributed by atoms with Crippen LogP contribution in [0.25, 0.3) is 11.3 Å². The summed E-state index contributed by atoms with van der Waals surface area (Å²) in [6, 6.07) is 17.0. The standard InChI is InChI=1S/C25H29ClN4O2/c1-4-30(5-2)20-11-9-19(10-12-20)29-25(31)21-13-8-18(17-23(21)27-15-16-32-3)24-22(26)7-6-14-28-24/h6-14,17,27H,4-5,15-16H2,1-3H3,(H,29,31). The summed E-state index contributed by atoms with van der Waals surface area (Å²) in [4.78, 5) is 19.7. The molecule has 1 aromatic heterocycles. The van der Waals surface area contributed by atoms with Crippen LogP contribution in [-0.2, 0) is 4.74 Å². The number of nitrogens with one attached hydrogen (secondary N) is 2. The molecule has 0 fully saturated rings. The molecule has 2 N–H and O–H groups in total. The third-order valence-corrected chi connectivity index (χ3v) is 5.48. The number of ether oxygens (including phenoxy) is 1. The first-order chi connectivity index (χ1) is 15.6. The summed E-state index contributed by atoms with van der Waals surface area (Å²) in [5.74, 6) is -0.195. The first-order valence-corrected chi connectivity index (χ1v) is 11.1. The molecule has 0 radical (unpaired) electrons. The smallest absolute Gasteiger partial charge is 0.257 e. The van der Waals surface area contributed by atoms with E-state index < -0.39 is 0 Å². The highest BCUT2D eigenvalue weighted by molar-refractivity contribution is 6.33. The molecule has 32 heavy (non-hydrogen) atoms. The molecule has 0 aliphatic heterocycles. The Morgan fingerprint density at radius 3 is 2.50 bits per heavy atom. The first kappa shape index (κ1) is 23.6. The molecule has 0 bridgehead atoms. The molecular formula is C25H29ClN4O2. The lowest BCUT2D eigenvalue weighted by atomic mass is 10.0. The monoisotopic (exact) mass is 452 g/mol. The number of hydrogen-bond acceptors (Lipinski definition) is 5. The van der Waals surface area contributed by atoms with Crippen LogP contribution in [-0.4, -0.2) is 44.2 Å². The number of methoxy groups -OCH3 is 1. The second-order valence-electron chi connectivity index (χ2n) is 7.19. The number of benzene rings is 2. The molecule has 2 aromatic carbocycles. The zero-order valence-electron chi connectivity index (χ0n) is 18.7. The molecule has 3 rings (SSSR count). The minimum absolute atomic E-state index is 0.195. The third-order valence-electron chi connectivity index (χ3n) is 5.17. The Morgan fingerprint density at radius 1 is 1.09 bits per heavy atom. The predicted octanol–water partition coefficient (Wildman–Crippen LogP) is 5.56. The van der Waals surface area contributed by atoms with Crippen molar-refractivity contribution >= 4 is 34.6 Å². The fourth-order valence-electron chi connectivity index (χ4n) is 3.46. The second-order valence-corrected chi connectivity index (χ2v) is 7.59. The summed E-state index contributed by atoms with van der Waals surface area (Å²) in [5.41, 5.74) is 4.60. The highest BCUT2D eigenvalue weighted by Gasteiger charge is 2.15. The Balaban J connectivity index is 1.84. The topological polar surface area (TPSA) is 66.5 Å². The highest BCUT2D eigenvalue weighted by Crippen LogP contribution is 2.30. The molecule has 0 atom stereocenters. The van der Waals surface area contributed by atoms with Crippen molar-refractivity contribution < 1.29 is 9.53 Å². The van der Waals surface area contributed by atoms with E-state index in [1.165, 1.54) is 0 Å². The largest absolute Gasteiger partial charge is 0.383 e. The number of carbonyl (C=O) groups excluding carboxylic acids is 1. The van der Waals surface area contributed by atoms with Gasteiger partial charge in [0.25, 0.3) is 5.91 Å². The number of carbonyl (C=O) groups is 1. The average molecular weight is 453 g/mol. The number of rotatable bonds is 10. The van der Waals surface area contributed by atoms with Crippen LogP contribution in [0.15, 0.2) is 60.8 Å². The van der Waals surface area contributed by atoms with E-state index in [0.717, 1.165) is 30.0 Å². The van der Waals surface area contributed by atoms with Crippen molar-refractivity contribution in [3.05, 3.63) is 71.4 Å². The predicted molar refractivity (Wildman–Crippen MR) is 133 cm³/mol. The molecule has 3 aromatic rings. The summed E-state index contributed by atoms with van der Waals surface area (Å²) in [6.07, 6.45) is 1.70. The molecule has 0 spiro atoms. The van der Waals surface area contributed by atoms with Gasteiger partial charge in [-0.15, -0.1) is 0 Å². The van der Waals surface area contributed by atoms with Crippen molar-refractivity contribution in [2.45, 2.75) is 13.8 Å². The summed E-state index contributed by atoms with van der Waals surface area (Å²) in [6.45, 7) is 7.20. The van der Waals surface area contributed by atoms with Crippen molar-refractivity contribution in [1.82, 2.24) is 4.98 Å². The fraction of sp³-hybridized carbons (Fsp3) is 0.280. The maximum Gasteiger partial charge on any atom is 0.257 e. The Hall–Kier alpha value is -3.09. The Labute approximate surface area is 194 Å². The maximum atomic E-state index is 13.1. The third kappa shape index (κ3) is 5.78. The molecule has 7 heteroatoms. The van der Waals surface area contributed by atoms with E-state index in [4.69, 9.17) is 16.3 Å². The number of amides is 1. The average Bonchev–Trinajstić information content (AvgIpc) is 2.81. The number of anilines is 3. The number of pyridine rings is 1. The normalized spacial score (nSPS) is 10.6. The number of halogens is 1. The second kappa shape index (κ2) is 11.5. The lowest BCUT2D eigenvalue weighted by Crippen LogP contribution is -2.21. The number of aromatic nitrogens is 1. The van der Waals surface area contributed by atoms with Gasteiger partial charge in [0.05, 0.1) is 22.9 Å². The zero-order chi connectivity index (χ0) is 22.9. The van der Waals surface area contributed by atoms with Crippen LogP contribution < -0.4 is 15.5 Å². The summed E-state index contributed by atoms with van der Waals surface area (Å²) >= 11 is 6.32. The van der Waals surface area contributed by atoms with Crippen LogP contribution in [0.5, 0.6) is 0 Å². The van der Waals surface area contributed by atoms with Gasteiger partial charge in [0, 0.05) is 55.6 Å². The van der Waals surface area contributed by atoms with Gasteiger partial charge in [-0.1, -0.05) is 17.7 Å². The van der Waals surface area contributed by atoms with E-state index in [1.807, 2.05) is 36.4 Å². The molecule has 168 valence electrons. The van der Waals surface area contributed by atoms with E-state index in [-0.39, 0.29) is 5.91 Å². The summed E-state index contributed by atoms with van der Waals surface area (Å²) in [7, 11) is 1.64. The lowest BCUT2D eigenvalue weighted by Gasteiger charge is -2.21. The molecule has 0 aliphatic carbocycles. The van der Waals surface area contributed by atoms with Crippen molar-refractivity contribution in [2.75, 3.05) is 48.9 Å². The van der Waals surface area contributed by atoms with Crippen molar-refractivity contribution in [3.8, 4) is 11.3 Å². The molecule has 0 saturated heterocycles. The van der Waals surface area contributed by atoms with E-state index in [2.05, 4.69) is 34.4 Å². The fourth-order valence-corrected chi connectivity index (χ4v) is 3.70. The van der Waals surface area contributed by atoms with Crippen LogP contribution in [0.4, 0.5) is 17.1 Å². The van der Waals surface area contributed by atoms with Crippen molar-refractivity contribution in [1.29, 1.82) is 0 Å². The van der Waals surface area contributed by atoms with Crippen molar-refractivity contribution in [2.24, 2.45) is 0 Å². The summed E-state index contributed by atoms with van der Waals surface area (Å²) in [5, 5.41) is 6.83. The molecule has 0 aliphatic rings. The van der Waals surface area contributed by atoms with Crippen LogP contribution in [0.2, 0.25) is 5.02 Å². The maximum absolute atomic E-state index is 13.1. The number of nitrogens with zero attached hydrogens (tertiary/aromatic N) is 2. The molecule has 6 nitrogen and oxygen atoms in total. The van der Waals surface area contributed by atoms with Gasteiger partial charge in [0.1, 0.15) is 0 Å². The Morgan fingerprint density at radius 2 is 1.84 bits per heavy atom. The van der Waals surface area contributed by atoms with Gasteiger partial charge >= 0.3 is 0 Å². The first-order valence-electron chi connectivity index (χ1n) is 10.7. The Kier molecular flexibility index (Phi) is 8.48. The molecule has 0 saturated carbocycles. The van der Waals surface area contributed by atoms with Crippen molar-refractivity contribution in [3.63, 3.8) is 0 Å². The number of hydrogen-bond donors (Lipinski definition) is 2.